The Morgan fingerprint density at radius 2 is 1.72 bits per heavy atom. The molecule has 0 radical (unpaired) electrons. The van der Waals surface area contributed by atoms with Gasteiger partial charge in [0.25, 0.3) is 0 Å². The van der Waals surface area contributed by atoms with Gasteiger partial charge in [-0.3, -0.25) is 19.4 Å². The molecule has 12 nitrogen and oxygen atoms in total. The van der Waals surface area contributed by atoms with Gasteiger partial charge in [-0.05, 0) is 38.5 Å². The number of amides is 3. The lowest BCUT2D eigenvalue weighted by Crippen LogP contribution is -2.63. The Balaban J connectivity index is 2.87. The summed E-state index contributed by atoms with van der Waals surface area (Å²) in [6.45, 7) is 4.55. The molecule has 1 heterocycles. The highest BCUT2D eigenvalue weighted by molar-refractivity contribution is 7.90. The van der Waals surface area contributed by atoms with E-state index in [1.807, 2.05) is 13.8 Å². The van der Waals surface area contributed by atoms with E-state index in [-0.39, 0.29) is 30.0 Å². The van der Waals surface area contributed by atoms with E-state index in [2.05, 4.69) is 15.6 Å². The number of likely N-dealkylation sites (tertiary alicyclic amines) is 1. The third-order valence-corrected chi connectivity index (χ3v) is 7.08. The number of carbonyl (C=O) groups excluding carboxylic acids is 4. The summed E-state index contributed by atoms with van der Waals surface area (Å²) in [4.78, 5) is 55.5. The summed E-state index contributed by atoms with van der Waals surface area (Å²) in [6, 6.07) is -2.60. The fraction of sp³-hybridized carbons (Fsp3) is 0.783. The zero-order valence-electron chi connectivity index (χ0n) is 21.6. The van der Waals surface area contributed by atoms with Gasteiger partial charge >= 0.3 is 0 Å². The Morgan fingerprint density at radius 1 is 1.08 bits per heavy atom. The number of aliphatic imine (C=N–C) groups is 1. The summed E-state index contributed by atoms with van der Waals surface area (Å²) in [5.41, 5.74) is 10.5. The van der Waals surface area contributed by atoms with Crippen molar-refractivity contribution in [2.75, 3.05) is 25.1 Å². The molecule has 1 fully saturated rings. The molecule has 3 amide bonds. The quantitative estimate of drug-likeness (QED) is 0.0832. The third kappa shape index (κ3) is 10.9. The predicted octanol–water partition coefficient (Wildman–Crippen LogP) is -0.539. The van der Waals surface area contributed by atoms with Crippen LogP contribution in [-0.4, -0.2) is 86.5 Å². The first kappa shape index (κ1) is 31.3. The first-order valence-electron chi connectivity index (χ1n) is 12.5. The summed E-state index contributed by atoms with van der Waals surface area (Å²) >= 11 is 0. The number of nitrogens with two attached hydrogens (primary N) is 2. The summed E-state index contributed by atoms with van der Waals surface area (Å²) in [7, 11) is -3.37. The maximum absolute atomic E-state index is 13.3. The maximum Gasteiger partial charge on any atom is 0.245 e. The highest BCUT2D eigenvalue weighted by Gasteiger charge is 2.41. The van der Waals surface area contributed by atoms with Crippen molar-refractivity contribution in [3.8, 4) is 0 Å². The van der Waals surface area contributed by atoms with E-state index in [1.54, 1.807) is 0 Å². The molecule has 36 heavy (non-hydrogen) atoms. The van der Waals surface area contributed by atoms with Crippen molar-refractivity contribution in [2.45, 2.75) is 83.3 Å². The van der Waals surface area contributed by atoms with Crippen molar-refractivity contribution >= 4 is 39.8 Å². The van der Waals surface area contributed by atoms with Crippen molar-refractivity contribution in [2.24, 2.45) is 22.4 Å². The van der Waals surface area contributed by atoms with Gasteiger partial charge in [-0.1, -0.05) is 26.7 Å². The fourth-order valence-corrected chi connectivity index (χ4v) is 4.74. The second kappa shape index (κ2) is 15.4. The van der Waals surface area contributed by atoms with E-state index < -0.39 is 39.8 Å². The van der Waals surface area contributed by atoms with Crippen LogP contribution in [0.2, 0.25) is 0 Å². The minimum absolute atomic E-state index is 0.0569. The van der Waals surface area contributed by atoms with Crippen LogP contribution in [0, 0.1) is 5.92 Å². The second-order valence-corrected chi connectivity index (χ2v) is 11.5. The topological polar surface area (TPSA) is 194 Å². The zero-order chi connectivity index (χ0) is 27.3. The van der Waals surface area contributed by atoms with Gasteiger partial charge in [-0.2, -0.15) is 0 Å². The molecule has 1 aliphatic rings. The SMILES string of the molecule is CCCC(CCC)C(=O)NC(CCS(C)(=O)=O)C(=O)N1CCC1C(=O)N[C@H](C=O)CCCN=C(N)N. The number of hydrogen-bond acceptors (Lipinski definition) is 7. The van der Waals surface area contributed by atoms with Crippen LogP contribution in [0.25, 0.3) is 0 Å². The Kier molecular flexibility index (Phi) is 13.4. The number of aldehydes is 1. The standard InChI is InChI=1S/C23H42N6O6S/c1-4-7-16(8-5-2)20(31)28-18(11-14-36(3,34)35)22(33)29-13-10-19(29)21(32)27-17(15-30)9-6-12-26-23(24)25/h15-19H,4-14H2,1-3H3,(H,27,32)(H,28,31)(H4,24,25,26)/t17-,18?,19?/m0/s1. The van der Waals surface area contributed by atoms with Crippen LogP contribution >= 0.6 is 0 Å². The molecular weight excluding hydrogens is 488 g/mol. The minimum atomic E-state index is -3.37. The molecule has 6 N–H and O–H groups in total. The van der Waals surface area contributed by atoms with E-state index in [4.69, 9.17) is 11.5 Å². The van der Waals surface area contributed by atoms with Crippen LogP contribution in [0.4, 0.5) is 0 Å². The average Bonchev–Trinajstić information content (AvgIpc) is 2.76. The van der Waals surface area contributed by atoms with Gasteiger partial charge in [0.15, 0.2) is 5.96 Å². The van der Waals surface area contributed by atoms with Gasteiger partial charge in [0, 0.05) is 25.3 Å². The highest BCUT2D eigenvalue weighted by atomic mass is 32.2. The number of hydrogen-bond donors (Lipinski definition) is 4. The number of nitrogens with one attached hydrogen (secondary N) is 2. The number of nitrogens with zero attached hydrogens (tertiary/aromatic N) is 2. The molecule has 0 saturated carbocycles. The van der Waals surface area contributed by atoms with Crippen molar-refractivity contribution in [1.29, 1.82) is 0 Å². The van der Waals surface area contributed by atoms with Crippen molar-refractivity contribution in [3.63, 3.8) is 0 Å². The molecule has 1 aliphatic heterocycles. The lowest BCUT2D eigenvalue weighted by atomic mass is 9.96. The van der Waals surface area contributed by atoms with Crippen molar-refractivity contribution in [1.82, 2.24) is 15.5 Å². The van der Waals surface area contributed by atoms with E-state index in [0.29, 0.717) is 51.5 Å². The molecule has 3 atom stereocenters. The van der Waals surface area contributed by atoms with E-state index in [0.717, 1.165) is 19.1 Å². The summed E-state index contributed by atoms with van der Waals surface area (Å²) in [5, 5.41) is 5.38. The predicted molar refractivity (Wildman–Crippen MR) is 138 cm³/mol. The summed E-state index contributed by atoms with van der Waals surface area (Å²) < 4.78 is 23.5. The van der Waals surface area contributed by atoms with Crippen LogP contribution < -0.4 is 22.1 Å². The molecule has 0 aliphatic carbocycles. The van der Waals surface area contributed by atoms with Crippen LogP contribution in [0.5, 0.6) is 0 Å². The largest absolute Gasteiger partial charge is 0.370 e. The van der Waals surface area contributed by atoms with E-state index >= 15 is 0 Å². The van der Waals surface area contributed by atoms with E-state index in [9.17, 15) is 27.6 Å². The highest BCUT2D eigenvalue weighted by Crippen LogP contribution is 2.21. The molecule has 0 spiro atoms. The van der Waals surface area contributed by atoms with Gasteiger partial charge in [0.2, 0.25) is 17.7 Å². The maximum atomic E-state index is 13.3. The Bertz CT molecular complexity index is 884. The monoisotopic (exact) mass is 530 g/mol. The zero-order valence-corrected chi connectivity index (χ0v) is 22.4. The summed E-state index contributed by atoms with van der Waals surface area (Å²) in [5.74, 6) is -1.86. The molecule has 1 rings (SSSR count). The Morgan fingerprint density at radius 3 is 2.19 bits per heavy atom. The smallest absolute Gasteiger partial charge is 0.245 e. The lowest BCUT2D eigenvalue weighted by Gasteiger charge is -2.42. The average molecular weight is 531 g/mol. The first-order valence-corrected chi connectivity index (χ1v) is 14.6. The van der Waals surface area contributed by atoms with Crippen LogP contribution in [0.15, 0.2) is 4.99 Å². The first-order chi connectivity index (χ1) is 16.9. The van der Waals surface area contributed by atoms with Gasteiger partial charge in [-0.25, -0.2) is 8.42 Å². The van der Waals surface area contributed by atoms with Crippen molar-refractivity contribution < 1.29 is 27.6 Å². The van der Waals surface area contributed by atoms with Gasteiger partial charge in [-0.15, -0.1) is 0 Å². The van der Waals surface area contributed by atoms with Crippen LogP contribution in [0.3, 0.4) is 0 Å². The van der Waals surface area contributed by atoms with Crippen LogP contribution in [-0.2, 0) is 29.0 Å². The van der Waals surface area contributed by atoms with Gasteiger partial charge in [0.1, 0.15) is 28.2 Å². The molecule has 1 saturated heterocycles. The molecule has 0 aromatic rings. The molecule has 0 bridgehead atoms. The molecular formula is C23H42N6O6S. The summed E-state index contributed by atoms with van der Waals surface area (Å²) in [6.07, 6.45) is 5.75. The van der Waals surface area contributed by atoms with Gasteiger partial charge < -0.3 is 31.8 Å². The lowest BCUT2D eigenvalue weighted by molar-refractivity contribution is -0.150. The Labute approximate surface area is 213 Å². The van der Waals surface area contributed by atoms with Crippen molar-refractivity contribution in [3.05, 3.63) is 0 Å². The van der Waals surface area contributed by atoms with E-state index in [1.165, 1.54) is 4.90 Å². The second-order valence-electron chi connectivity index (χ2n) is 9.29. The number of carbonyl (C=O) groups is 4. The third-order valence-electron chi connectivity index (χ3n) is 6.10. The van der Waals surface area contributed by atoms with Gasteiger partial charge in [0.05, 0.1) is 11.8 Å². The normalized spacial score (nSPS) is 17.0. The number of sulfone groups is 1. The molecule has 0 aromatic heterocycles. The minimum Gasteiger partial charge on any atom is -0.370 e. The molecule has 2 unspecified atom stereocenters. The molecule has 0 aromatic carbocycles. The van der Waals surface area contributed by atoms with Crippen LogP contribution in [0.1, 0.15) is 65.2 Å². The molecule has 13 heteroatoms. The number of guanidine groups is 1. The Hall–Kier alpha value is -2.70. The number of rotatable bonds is 17. The molecule has 206 valence electrons. The fourth-order valence-electron chi connectivity index (χ4n) is 4.08.